The number of carbonyl (C=O) groups is 1. The predicted octanol–water partition coefficient (Wildman–Crippen LogP) is 1.12. The van der Waals surface area contributed by atoms with Gasteiger partial charge in [-0.2, -0.15) is 14.6 Å². The highest BCUT2D eigenvalue weighted by atomic mass is 16.5. The van der Waals surface area contributed by atoms with Crippen molar-refractivity contribution in [2.75, 3.05) is 12.4 Å². The van der Waals surface area contributed by atoms with Crippen molar-refractivity contribution in [1.29, 1.82) is 0 Å². The first-order valence-electron chi connectivity index (χ1n) is 7.93. The first-order valence-corrected chi connectivity index (χ1v) is 7.93. The second kappa shape index (κ2) is 6.91. The third kappa shape index (κ3) is 3.42. The topological polar surface area (TPSA) is 107 Å². The normalized spacial score (nSPS) is 22.0. The summed E-state index contributed by atoms with van der Waals surface area (Å²) in [5.41, 5.74) is 6.37. The molecule has 3 rings (SSSR count). The molecule has 8 heteroatoms. The van der Waals surface area contributed by atoms with Crippen molar-refractivity contribution < 1.29 is 9.53 Å². The Bertz CT molecular complexity index is 686. The van der Waals surface area contributed by atoms with Gasteiger partial charge in [-0.05, 0) is 12.8 Å². The van der Waals surface area contributed by atoms with Crippen molar-refractivity contribution in [2.24, 2.45) is 11.7 Å². The highest BCUT2D eigenvalue weighted by Gasteiger charge is 2.28. The van der Waals surface area contributed by atoms with E-state index in [-0.39, 0.29) is 17.9 Å². The average Bonchev–Trinajstić information content (AvgIpc) is 2.86. The Morgan fingerprint density at radius 3 is 3.04 bits per heavy atom. The molecular weight excluding hydrogens is 296 g/mol. The summed E-state index contributed by atoms with van der Waals surface area (Å²) in [6.07, 6.45) is 6.44. The molecule has 0 radical (unpaired) electrons. The lowest BCUT2D eigenvalue weighted by Crippen LogP contribution is -2.38. The van der Waals surface area contributed by atoms with Crippen LogP contribution < -0.4 is 11.1 Å². The van der Waals surface area contributed by atoms with Gasteiger partial charge in [0.15, 0.2) is 0 Å². The number of methoxy groups -OCH3 is 1. The van der Waals surface area contributed by atoms with E-state index in [0.717, 1.165) is 43.6 Å². The van der Waals surface area contributed by atoms with Gasteiger partial charge in [-0.15, -0.1) is 0 Å². The number of amides is 1. The Kier molecular flexibility index (Phi) is 4.71. The predicted molar refractivity (Wildman–Crippen MR) is 84.7 cm³/mol. The van der Waals surface area contributed by atoms with Crippen LogP contribution >= 0.6 is 0 Å². The molecule has 1 saturated carbocycles. The van der Waals surface area contributed by atoms with Crippen LogP contribution in [0.2, 0.25) is 0 Å². The minimum Gasteiger partial charge on any atom is -0.378 e. The Labute approximate surface area is 134 Å². The lowest BCUT2D eigenvalue weighted by atomic mass is 9.94. The molecule has 2 unspecified atom stereocenters. The fourth-order valence-corrected chi connectivity index (χ4v) is 3.20. The summed E-state index contributed by atoms with van der Waals surface area (Å²) in [4.78, 5) is 20.3. The van der Waals surface area contributed by atoms with Crippen LogP contribution in [0.3, 0.4) is 0 Å². The number of hydrogen-bond acceptors (Lipinski definition) is 6. The molecule has 2 heterocycles. The Morgan fingerprint density at radius 1 is 1.43 bits per heavy atom. The van der Waals surface area contributed by atoms with Gasteiger partial charge in [-0.1, -0.05) is 19.3 Å². The molecule has 0 spiro atoms. The molecule has 2 aromatic heterocycles. The summed E-state index contributed by atoms with van der Waals surface area (Å²) in [7, 11) is 1.62. The zero-order chi connectivity index (χ0) is 16.2. The zero-order valence-corrected chi connectivity index (χ0v) is 13.2. The van der Waals surface area contributed by atoms with E-state index in [4.69, 9.17) is 10.5 Å². The van der Waals surface area contributed by atoms with Gasteiger partial charge in [0.2, 0.25) is 5.91 Å². The lowest BCUT2D eigenvalue weighted by Gasteiger charge is -2.25. The van der Waals surface area contributed by atoms with Gasteiger partial charge >= 0.3 is 0 Å². The third-order valence-corrected chi connectivity index (χ3v) is 4.31. The van der Waals surface area contributed by atoms with Gasteiger partial charge in [-0.25, -0.2) is 4.98 Å². The first kappa shape index (κ1) is 15.7. The quantitative estimate of drug-likeness (QED) is 0.800. The van der Waals surface area contributed by atoms with E-state index in [1.165, 1.54) is 6.33 Å². The maximum absolute atomic E-state index is 11.8. The molecule has 1 fully saturated rings. The number of rotatable bonds is 5. The third-order valence-electron chi connectivity index (χ3n) is 4.31. The number of nitrogens with one attached hydrogen (secondary N) is 1. The fourth-order valence-electron chi connectivity index (χ4n) is 3.20. The van der Waals surface area contributed by atoms with Gasteiger partial charge < -0.3 is 15.8 Å². The number of hydrogen-bond donors (Lipinski definition) is 2. The van der Waals surface area contributed by atoms with E-state index in [0.29, 0.717) is 12.4 Å². The molecule has 0 aromatic carbocycles. The van der Waals surface area contributed by atoms with E-state index < -0.39 is 0 Å². The number of primary amides is 1. The van der Waals surface area contributed by atoms with Crippen LogP contribution in [-0.4, -0.2) is 38.6 Å². The molecule has 124 valence electrons. The number of nitrogens with two attached hydrogens (primary N) is 1. The highest BCUT2D eigenvalue weighted by molar-refractivity contribution is 5.78. The number of nitrogens with zero attached hydrogens (tertiary/aromatic N) is 4. The summed E-state index contributed by atoms with van der Waals surface area (Å²) in [5, 5.41) is 7.65. The number of fused-ring (bicyclic) bond motifs is 1. The summed E-state index contributed by atoms with van der Waals surface area (Å²) in [5.74, 6) is 0.851. The Morgan fingerprint density at radius 2 is 2.26 bits per heavy atom. The van der Waals surface area contributed by atoms with Crippen molar-refractivity contribution in [3.63, 3.8) is 0 Å². The van der Waals surface area contributed by atoms with E-state index >= 15 is 0 Å². The molecule has 3 N–H and O–H groups in total. The summed E-state index contributed by atoms with van der Waals surface area (Å²) >= 11 is 0. The SMILES string of the molecule is COCc1cc(NC2CCCCCC2C(N)=O)n2ncnc2n1. The second-order valence-corrected chi connectivity index (χ2v) is 5.94. The average molecular weight is 318 g/mol. The maximum atomic E-state index is 11.8. The van der Waals surface area contributed by atoms with Gasteiger partial charge in [0.05, 0.1) is 18.2 Å². The fraction of sp³-hybridized carbons (Fsp3) is 0.600. The zero-order valence-electron chi connectivity index (χ0n) is 13.2. The molecule has 0 aliphatic heterocycles. The molecule has 8 nitrogen and oxygen atoms in total. The van der Waals surface area contributed by atoms with E-state index in [1.807, 2.05) is 6.07 Å². The lowest BCUT2D eigenvalue weighted by molar-refractivity contribution is -0.122. The number of ether oxygens (including phenoxy) is 1. The minimum absolute atomic E-state index is 0.000180. The van der Waals surface area contributed by atoms with Crippen LogP contribution in [0, 0.1) is 5.92 Å². The number of anilines is 1. The van der Waals surface area contributed by atoms with Crippen LogP contribution in [0.5, 0.6) is 0 Å². The van der Waals surface area contributed by atoms with Crippen molar-refractivity contribution >= 4 is 17.5 Å². The summed E-state index contributed by atoms with van der Waals surface area (Å²) in [6.45, 7) is 0.391. The van der Waals surface area contributed by atoms with Crippen molar-refractivity contribution in [3.05, 3.63) is 18.1 Å². The summed E-state index contributed by atoms with van der Waals surface area (Å²) < 4.78 is 6.80. The van der Waals surface area contributed by atoms with Crippen molar-refractivity contribution in [3.8, 4) is 0 Å². The van der Waals surface area contributed by atoms with Gasteiger partial charge in [0.25, 0.3) is 5.78 Å². The molecule has 0 saturated heterocycles. The maximum Gasteiger partial charge on any atom is 0.254 e. The monoisotopic (exact) mass is 318 g/mol. The van der Waals surface area contributed by atoms with Gasteiger partial charge in [-0.3, -0.25) is 4.79 Å². The summed E-state index contributed by atoms with van der Waals surface area (Å²) in [6, 6.07) is 1.88. The molecular formula is C15H22N6O2. The highest BCUT2D eigenvalue weighted by Crippen LogP contribution is 2.26. The molecule has 1 amide bonds. The largest absolute Gasteiger partial charge is 0.378 e. The van der Waals surface area contributed by atoms with Gasteiger partial charge in [0.1, 0.15) is 12.1 Å². The smallest absolute Gasteiger partial charge is 0.254 e. The molecule has 2 aromatic rings. The Balaban J connectivity index is 1.92. The first-order chi connectivity index (χ1) is 11.2. The molecule has 0 bridgehead atoms. The molecule has 1 aliphatic rings. The van der Waals surface area contributed by atoms with Crippen LogP contribution in [0.4, 0.5) is 5.82 Å². The van der Waals surface area contributed by atoms with Crippen LogP contribution in [0.15, 0.2) is 12.4 Å². The van der Waals surface area contributed by atoms with E-state index in [9.17, 15) is 4.79 Å². The second-order valence-electron chi connectivity index (χ2n) is 5.94. The van der Waals surface area contributed by atoms with Gasteiger partial charge in [0, 0.05) is 19.2 Å². The van der Waals surface area contributed by atoms with Crippen molar-refractivity contribution in [2.45, 2.75) is 44.8 Å². The van der Waals surface area contributed by atoms with Crippen molar-refractivity contribution in [1.82, 2.24) is 19.6 Å². The Hall–Kier alpha value is -2.22. The number of aromatic nitrogens is 4. The standard InChI is InChI=1S/C15H22N6O2/c1-23-8-10-7-13(21-15(19-10)17-9-18-21)20-12-6-4-2-3-5-11(12)14(16)22/h7,9,11-12,20H,2-6,8H2,1H3,(H2,16,22). The minimum atomic E-state index is -0.245. The number of carbonyl (C=O) groups excluding carboxylic acids is 1. The van der Waals surface area contributed by atoms with Crippen LogP contribution in [0.25, 0.3) is 5.78 Å². The van der Waals surface area contributed by atoms with E-state index in [2.05, 4.69) is 20.4 Å². The van der Waals surface area contributed by atoms with Crippen LogP contribution in [0.1, 0.15) is 37.8 Å². The van der Waals surface area contributed by atoms with Crippen LogP contribution in [-0.2, 0) is 16.1 Å². The molecule has 1 aliphatic carbocycles. The molecule has 23 heavy (non-hydrogen) atoms. The molecule has 2 atom stereocenters. The van der Waals surface area contributed by atoms with E-state index in [1.54, 1.807) is 11.6 Å².